The number of halogens is 2. The first-order valence-electron chi connectivity index (χ1n) is 4.59. The van der Waals surface area contributed by atoms with Crippen molar-refractivity contribution < 1.29 is 9.53 Å². The van der Waals surface area contributed by atoms with Crippen molar-refractivity contribution in [3.05, 3.63) is 46.3 Å². The lowest BCUT2D eigenvalue weighted by Gasteiger charge is -2.07. The molecule has 0 saturated carbocycles. The van der Waals surface area contributed by atoms with Crippen molar-refractivity contribution in [2.75, 3.05) is 0 Å². The summed E-state index contributed by atoms with van der Waals surface area (Å²) in [6.07, 6.45) is 3.25. The van der Waals surface area contributed by atoms with E-state index in [0.29, 0.717) is 22.1 Å². The van der Waals surface area contributed by atoms with Gasteiger partial charge in [0.15, 0.2) is 6.29 Å². The molecule has 1 aromatic carbocycles. The lowest BCUT2D eigenvalue weighted by molar-refractivity contribution is 0.112. The first-order valence-corrected chi connectivity index (χ1v) is 5.34. The van der Waals surface area contributed by atoms with Gasteiger partial charge in [0, 0.05) is 11.2 Å². The Labute approximate surface area is 107 Å². The highest BCUT2D eigenvalue weighted by atomic mass is 35.5. The van der Waals surface area contributed by atoms with Crippen molar-refractivity contribution in [3.63, 3.8) is 0 Å². The molecule has 17 heavy (non-hydrogen) atoms. The Bertz CT molecular complexity index is 561. The Kier molecular flexibility index (Phi) is 3.56. The maximum Gasteiger partial charge on any atom is 0.232 e. The van der Waals surface area contributed by atoms with Gasteiger partial charge >= 0.3 is 0 Å². The number of carbonyl (C=O) groups is 1. The molecule has 0 aliphatic carbocycles. The minimum absolute atomic E-state index is 0.152. The molecule has 2 aromatic rings. The summed E-state index contributed by atoms with van der Waals surface area (Å²) in [5, 5.41) is 0.841. The summed E-state index contributed by atoms with van der Waals surface area (Å²) < 4.78 is 5.41. The second-order valence-corrected chi connectivity index (χ2v) is 3.92. The van der Waals surface area contributed by atoms with Crippen molar-refractivity contribution in [1.29, 1.82) is 0 Å². The van der Waals surface area contributed by atoms with Crippen molar-refractivity contribution in [1.82, 2.24) is 9.97 Å². The molecule has 0 radical (unpaired) electrons. The Balaban J connectivity index is 2.34. The summed E-state index contributed by atoms with van der Waals surface area (Å²) in [5.41, 5.74) is 0.249. The summed E-state index contributed by atoms with van der Waals surface area (Å²) in [7, 11) is 0. The number of aldehydes is 1. The van der Waals surface area contributed by atoms with Gasteiger partial charge in [-0.25, -0.2) is 9.97 Å². The Morgan fingerprint density at radius 2 is 2.12 bits per heavy atom. The van der Waals surface area contributed by atoms with E-state index in [9.17, 15) is 4.79 Å². The van der Waals surface area contributed by atoms with Crippen LogP contribution in [0.5, 0.6) is 11.6 Å². The second kappa shape index (κ2) is 5.12. The molecule has 0 amide bonds. The predicted molar refractivity (Wildman–Crippen MR) is 64.0 cm³/mol. The molecule has 4 nitrogen and oxygen atoms in total. The molecule has 0 N–H and O–H groups in total. The minimum Gasteiger partial charge on any atom is -0.437 e. The molecular formula is C11H6Cl2N2O2. The number of carbonyl (C=O) groups excluding carboxylic acids is 1. The second-order valence-electron chi connectivity index (χ2n) is 3.08. The molecule has 1 heterocycles. The van der Waals surface area contributed by atoms with E-state index in [4.69, 9.17) is 27.9 Å². The third-order valence-corrected chi connectivity index (χ3v) is 2.46. The third-order valence-electron chi connectivity index (χ3n) is 1.93. The van der Waals surface area contributed by atoms with Gasteiger partial charge in [0.2, 0.25) is 5.88 Å². The molecule has 0 aliphatic rings. The molecule has 0 spiro atoms. The summed E-state index contributed by atoms with van der Waals surface area (Å²) in [5.74, 6) is 0.525. The van der Waals surface area contributed by atoms with E-state index in [-0.39, 0.29) is 11.4 Å². The first-order chi connectivity index (χ1) is 8.20. The molecular weight excluding hydrogens is 263 g/mol. The fraction of sp³-hybridized carbons (Fsp3) is 0. The van der Waals surface area contributed by atoms with Gasteiger partial charge in [-0.3, -0.25) is 4.79 Å². The van der Waals surface area contributed by atoms with Gasteiger partial charge in [0.25, 0.3) is 0 Å². The fourth-order valence-electron chi connectivity index (χ4n) is 1.16. The molecule has 2 rings (SSSR count). The maximum atomic E-state index is 10.7. The van der Waals surface area contributed by atoms with E-state index in [1.807, 2.05) is 0 Å². The summed E-state index contributed by atoms with van der Waals surface area (Å²) in [6.45, 7) is 0. The number of ether oxygens (including phenoxy) is 1. The molecule has 0 fully saturated rings. The molecule has 1 aromatic heterocycles. The summed E-state index contributed by atoms with van der Waals surface area (Å²) >= 11 is 11.7. The van der Waals surface area contributed by atoms with E-state index in [1.165, 1.54) is 12.5 Å². The number of rotatable bonds is 3. The Morgan fingerprint density at radius 1 is 1.29 bits per heavy atom. The number of aromatic nitrogens is 2. The van der Waals surface area contributed by atoms with E-state index in [2.05, 4.69) is 9.97 Å². The average molecular weight is 269 g/mol. The van der Waals surface area contributed by atoms with Gasteiger partial charge in [0.1, 0.15) is 12.1 Å². The van der Waals surface area contributed by atoms with Crippen LogP contribution < -0.4 is 4.74 Å². The van der Waals surface area contributed by atoms with Gasteiger partial charge in [-0.2, -0.15) is 0 Å². The van der Waals surface area contributed by atoms with Crippen LogP contribution in [0.3, 0.4) is 0 Å². The van der Waals surface area contributed by atoms with Gasteiger partial charge in [-0.15, -0.1) is 0 Å². The lowest BCUT2D eigenvalue weighted by atomic mass is 10.3. The van der Waals surface area contributed by atoms with Crippen LogP contribution in [0.1, 0.15) is 10.4 Å². The molecule has 0 unspecified atom stereocenters. The third kappa shape index (κ3) is 2.72. The van der Waals surface area contributed by atoms with Crippen LogP contribution in [-0.4, -0.2) is 16.3 Å². The number of benzene rings is 1. The summed E-state index contributed by atoms with van der Waals surface area (Å²) in [6, 6.07) is 4.77. The monoisotopic (exact) mass is 268 g/mol. The number of hydrogen-bond donors (Lipinski definition) is 0. The summed E-state index contributed by atoms with van der Waals surface area (Å²) in [4.78, 5) is 18.3. The zero-order valence-corrected chi connectivity index (χ0v) is 9.94. The number of nitrogens with zero attached hydrogens (tertiary/aromatic N) is 2. The quantitative estimate of drug-likeness (QED) is 0.801. The Hall–Kier alpha value is -1.65. The maximum absolute atomic E-state index is 10.7. The number of hydrogen-bond acceptors (Lipinski definition) is 4. The van der Waals surface area contributed by atoms with Crippen LogP contribution in [0.4, 0.5) is 0 Å². The smallest absolute Gasteiger partial charge is 0.232 e. The normalized spacial score (nSPS) is 10.0. The van der Waals surface area contributed by atoms with Gasteiger partial charge in [0.05, 0.1) is 10.6 Å². The highest BCUT2D eigenvalue weighted by molar-refractivity contribution is 6.35. The highest BCUT2D eigenvalue weighted by Crippen LogP contribution is 2.31. The van der Waals surface area contributed by atoms with E-state index in [1.54, 1.807) is 18.2 Å². The largest absolute Gasteiger partial charge is 0.437 e. The van der Waals surface area contributed by atoms with Crippen LogP contribution >= 0.6 is 23.2 Å². The van der Waals surface area contributed by atoms with E-state index >= 15 is 0 Å². The van der Waals surface area contributed by atoms with Crippen LogP contribution in [0.2, 0.25) is 10.0 Å². The highest BCUT2D eigenvalue weighted by Gasteiger charge is 2.08. The standard InChI is InChI=1S/C11H6Cl2N2O2/c12-8-1-2-10(9(13)3-8)17-11-7(5-16)4-14-6-15-11/h1-6H. The van der Waals surface area contributed by atoms with Crippen LogP contribution in [0.25, 0.3) is 0 Å². The SMILES string of the molecule is O=Cc1cncnc1Oc1ccc(Cl)cc1Cl. The van der Waals surface area contributed by atoms with Crippen molar-refractivity contribution in [2.45, 2.75) is 0 Å². The zero-order chi connectivity index (χ0) is 12.3. The molecule has 0 saturated heterocycles. The molecule has 6 heteroatoms. The van der Waals surface area contributed by atoms with Gasteiger partial charge < -0.3 is 4.74 Å². The van der Waals surface area contributed by atoms with E-state index < -0.39 is 0 Å². The van der Waals surface area contributed by atoms with Crippen molar-refractivity contribution in [3.8, 4) is 11.6 Å². The molecule has 86 valence electrons. The average Bonchev–Trinajstić information content (AvgIpc) is 2.33. The lowest BCUT2D eigenvalue weighted by Crippen LogP contribution is -1.95. The van der Waals surface area contributed by atoms with Gasteiger partial charge in [-0.05, 0) is 18.2 Å². The van der Waals surface area contributed by atoms with Crippen LogP contribution in [0, 0.1) is 0 Å². The van der Waals surface area contributed by atoms with Crippen LogP contribution in [-0.2, 0) is 0 Å². The topological polar surface area (TPSA) is 52.1 Å². The molecule has 0 atom stereocenters. The minimum atomic E-state index is 0.152. The van der Waals surface area contributed by atoms with E-state index in [0.717, 1.165) is 0 Å². The zero-order valence-electron chi connectivity index (χ0n) is 8.43. The molecule has 0 bridgehead atoms. The Morgan fingerprint density at radius 3 is 2.82 bits per heavy atom. The van der Waals surface area contributed by atoms with Gasteiger partial charge in [-0.1, -0.05) is 23.2 Å². The van der Waals surface area contributed by atoms with Crippen molar-refractivity contribution in [2.24, 2.45) is 0 Å². The fourth-order valence-corrected chi connectivity index (χ4v) is 1.60. The van der Waals surface area contributed by atoms with Crippen LogP contribution in [0.15, 0.2) is 30.7 Å². The predicted octanol–water partition coefficient (Wildman–Crippen LogP) is 3.39. The molecule has 0 aliphatic heterocycles. The van der Waals surface area contributed by atoms with Crippen molar-refractivity contribution >= 4 is 29.5 Å². The first kappa shape index (κ1) is 11.8.